The Morgan fingerprint density at radius 2 is 2.00 bits per heavy atom. The number of rotatable bonds is 10. The second kappa shape index (κ2) is 11.6. The molecule has 0 atom stereocenters. The van der Waals surface area contributed by atoms with Gasteiger partial charge in [0.15, 0.2) is 11.8 Å². The lowest BCUT2D eigenvalue weighted by atomic mass is 10.1. The number of benzene rings is 1. The summed E-state index contributed by atoms with van der Waals surface area (Å²) in [4.78, 5) is 4.69. The first-order chi connectivity index (χ1) is 13.5. The van der Waals surface area contributed by atoms with Crippen molar-refractivity contribution < 1.29 is 4.74 Å². The van der Waals surface area contributed by atoms with Crippen molar-refractivity contribution in [1.29, 1.82) is 0 Å². The Kier molecular flexibility index (Phi) is 9.13. The van der Waals surface area contributed by atoms with Crippen LogP contribution in [0.2, 0.25) is 0 Å². The van der Waals surface area contributed by atoms with Gasteiger partial charge < -0.3 is 19.9 Å². The standard InChI is InChI=1S/C20H32N6OS/c1-15-7-8-18(27-4)17(13-15)9-11-22-20(21-10-6-12-28-5)23-14-19-25-24-16(2)26(19)3/h7-8,13H,6,9-12,14H2,1-5H3,(H2,21,22,23). The van der Waals surface area contributed by atoms with Crippen LogP contribution in [-0.2, 0) is 20.0 Å². The van der Waals surface area contributed by atoms with E-state index in [4.69, 9.17) is 9.73 Å². The number of hydrogen-bond donors (Lipinski definition) is 2. The van der Waals surface area contributed by atoms with Crippen LogP contribution in [0, 0.1) is 13.8 Å². The van der Waals surface area contributed by atoms with E-state index in [-0.39, 0.29) is 0 Å². The van der Waals surface area contributed by atoms with E-state index < -0.39 is 0 Å². The van der Waals surface area contributed by atoms with Gasteiger partial charge in [0.25, 0.3) is 0 Å². The first-order valence-corrected chi connectivity index (χ1v) is 10.9. The molecule has 2 aromatic rings. The lowest BCUT2D eigenvalue weighted by molar-refractivity contribution is 0.409. The van der Waals surface area contributed by atoms with Gasteiger partial charge in [-0.3, -0.25) is 0 Å². The number of nitrogens with one attached hydrogen (secondary N) is 2. The summed E-state index contributed by atoms with van der Waals surface area (Å²) < 4.78 is 7.44. The number of aromatic nitrogens is 3. The molecule has 0 aliphatic rings. The Hall–Kier alpha value is -2.22. The molecule has 0 amide bonds. The van der Waals surface area contributed by atoms with Gasteiger partial charge in [0.2, 0.25) is 0 Å². The molecule has 0 radical (unpaired) electrons. The van der Waals surface area contributed by atoms with Gasteiger partial charge in [0, 0.05) is 20.1 Å². The highest BCUT2D eigenvalue weighted by Crippen LogP contribution is 2.19. The van der Waals surface area contributed by atoms with E-state index in [9.17, 15) is 0 Å². The molecule has 28 heavy (non-hydrogen) atoms. The van der Waals surface area contributed by atoms with Crippen molar-refractivity contribution in [3.8, 4) is 5.75 Å². The maximum absolute atomic E-state index is 5.48. The molecule has 0 saturated heterocycles. The second-order valence-electron chi connectivity index (χ2n) is 6.65. The highest BCUT2D eigenvalue weighted by molar-refractivity contribution is 7.98. The number of aryl methyl sites for hydroxylation is 2. The minimum atomic E-state index is 0.489. The topological polar surface area (TPSA) is 76.4 Å². The number of aliphatic imine (C=N–C) groups is 1. The van der Waals surface area contributed by atoms with Crippen LogP contribution in [0.15, 0.2) is 23.2 Å². The summed E-state index contributed by atoms with van der Waals surface area (Å²) in [5, 5.41) is 15.1. The molecule has 0 aliphatic heterocycles. The van der Waals surface area contributed by atoms with Crippen molar-refractivity contribution in [2.45, 2.75) is 33.2 Å². The predicted molar refractivity (Wildman–Crippen MR) is 117 cm³/mol. The van der Waals surface area contributed by atoms with Gasteiger partial charge in [0.1, 0.15) is 18.1 Å². The van der Waals surface area contributed by atoms with E-state index in [1.807, 2.05) is 36.4 Å². The maximum atomic E-state index is 5.48. The third-order valence-electron chi connectivity index (χ3n) is 4.50. The first-order valence-electron chi connectivity index (χ1n) is 9.54. The molecule has 0 unspecified atom stereocenters. The van der Waals surface area contributed by atoms with Crippen LogP contribution in [0.4, 0.5) is 0 Å². The SMILES string of the molecule is COc1ccc(C)cc1CCNC(=NCc1nnc(C)n1C)NCCCSC. The summed E-state index contributed by atoms with van der Waals surface area (Å²) >= 11 is 1.85. The molecule has 0 aliphatic carbocycles. The van der Waals surface area contributed by atoms with Crippen LogP contribution in [0.25, 0.3) is 0 Å². The number of nitrogens with zero attached hydrogens (tertiary/aromatic N) is 4. The quantitative estimate of drug-likeness (QED) is 0.360. The van der Waals surface area contributed by atoms with E-state index in [0.29, 0.717) is 6.54 Å². The molecule has 154 valence electrons. The Labute approximate surface area is 172 Å². The summed E-state index contributed by atoms with van der Waals surface area (Å²) in [6.45, 7) is 6.18. The van der Waals surface area contributed by atoms with E-state index >= 15 is 0 Å². The summed E-state index contributed by atoms with van der Waals surface area (Å²) in [5.74, 6) is 4.59. The fraction of sp³-hybridized carbons (Fsp3) is 0.550. The van der Waals surface area contributed by atoms with Crippen LogP contribution >= 0.6 is 11.8 Å². The molecular formula is C20H32N6OS. The normalized spacial score (nSPS) is 11.5. The van der Waals surface area contributed by atoms with Gasteiger partial charge in [-0.05, 0) is 50.3 Å². The highest BCUT2D eigenvalue weighted by Gasteiger charge is 2.07. The molecule has 0 bridgehead atoms. The fourth-order valence-corrected chi connectivity index (χ4v) is 3.19. The summed E-state index contributed by atoms with van der Waals surface area (Å²) in [6, 6.07) is 6.27. The smallest absolute Gasteiger partial charge is 0.191 e. The monoisotopic (exact) mass is 404 g/mol. The van der Waals surface area contributed by atoms with Gasteiger partial charge in [-0.25, -0.2) is 4.99 Å². The van der Waals surface area contributed by atoms with E-state index in [0.717, 1.165) is 55.0 Å². The van der Waals surface area contributed by atoms with Crippen LogP contribution in [-0.4, -0.2) is 52.9 Å². The van der Waals surface area contributed by atoms with Gasteiger partial charge in [-0.15, -0.1) is 10.2 Å². The molecule has 2 rings (SSSR count). The fourth-order valence-electron chi connectivity index (χ4n) is 2.75. The van der Waals surface area contributed by atoms with Crippen LogP contribution in [0.1, 0.15) is 29.2 Å². The second-order valence-corrected chi connectivity index (χ2v) is 7.64. The lowest BCUT2D eigenvalue weighted by Crippen LogP contribution is -2.39. The number of guanidine groups is 1. The number of methoxy groups -OCH3 is 1. The average molecular weight is 405 g/mol. The van der Waals surface area contributed by atoms with Gasteiger partial charge in [-0.2, -0.15) is 11.8 Å². The zero-order chi connectivity index (χ0) is 20.4. The number of hydrogen-bond acceptors (Lipinski definition) is 5. The van der Waals surface area contributed by atoms with Crippen molar-refractivity contribution in [2.75, 3.05) is 32.2 Å². The number of thioether (sulfide) groups is 1. The molecule has 2 N–H and O–H groups in total. The molecule has 1 aromatic heterocycles. The van der Waals surface area contributed by atoms with Gasteiger partial charge >= 0.3 is 0 Å². The van der Waals surface area contributed by atoms with Crippen molar-refractivity contribution in [1.82, 2.24) is 25.4 Å². The zero-order valence-corrected chi connectivity index (χ0v) is 18.4. The Morgan fingerprint density at radius 3 is 2.68 bits per heavy atom. The summed E-state index contributed by atoms with van der Waals surface area (Å²) in [7, 11) is 3.67. The molecular weight excluding hydrogens is 372 g/mol. The average Bonchev–Trinajstić information content (AvgIpc) is 3.01. The minimum absolute atomic E-state index is 0.489. The Balaban J connectivity index is 1.97. The largest absolute Gasteiger partial charge is 0.496 e. The predicted octanol–water partition coefficient (Wildman–Crippen LogP) is 2.47. The minimum Gasteiger partial charge on any atom is -0.496 e. The van der Waals surface area contributed by atoms with E-state index in [2.05, 4.69) is 46.1 Å². The molecule has 8 heteroatoms. The van der Waals surface area contributed by atoms with Crippen LogP contribution < -0.4 is 15.4 Å². The first kappa shape index (κ1) is 22.1. The van der Waals surface area contributed by atoms with Crippen molar-refractivity contribution in [2.24, 2.45) is 12.0 Å². The van der Waals surface area contributed by atoms with Crippen LogP contribution in [0.5, 0.6) is 5.75 Å². The molecule has 0 fully saturated rings. The summed E-state index contributed by atoms with van der Waals surface area (Å²) in [5.41, 5.74) is 2.43. The molecule has 0 saturated carbocycles. The Bertz CT molecular complexity index is 774. The molecule has 1 heterocycles. The zero-order valence-electron chi connectivity index (χ0n) is 17.6. The van der Waals surface area contributed by atoms with Gasteiger partial charge in [0.05, 0.1) is 7.11 Å². The highest BCUT2D eigenvalue weighted by atomic mass is 32.2. The van der Waals surface area contributed by atoms with Crippen LogP contribution in [0.3, 0.4) is 0 Å². The molecule has 7 nitrogen and oxygen atoms in total. The van der Waals surface area contributed by atoms with E-state index in [1.54, 1.807) is 7.11 Å². The number of ether oxygens (including phenoxy) is 1. The third-order valence-corrected chi connectivity index (χ3v) is 5.20. The lowest BCUT2D eigenvalue weighted by Gasteiger charge is -2.14. The Morgan fingerprint density at radius 1 is 1.21 bits per heavy atom. The van der Waals surface area contributed by atoms with Crippen molar-refractivity contribution in [3.63, 3.8) is 0 Å². The van der Waals surface area contributed by atoms with Crippen molar-refractivity contribution >= 4 is 17.7 Å². The summed E-state index contributed by atoms with van der Waals surface area (Å²) in [6.07, 6.45) is 4.08. The molecule has 0 spiro atoms. The maximum Gasteiger partial charge on any atom is 0.191 e. The van der Waals surface area contributed by atoms with Crippen molar-refractivity contribution in [3.05, 3.63) is 41.0 Å². The van der Waals surface area contributed by atoms with Gasteiger partial charge in [-0.1, -0.05) is 17.7 Å². The molecule has 1 aromatic carbocycles. The van der Waals surface area contributed by atoms with E-state index in [1.165, 1.54) is 11.1 Å². The third kappa shape index (κ3) is 6.74.